The smallest absolute Gasteiger partial charge is 0.224 e. The summed E-state index contributed by atoms with van der Waals surface area (Å²) >= 11 is 1.83. The molecule has 2 N–H and O–H groups in total. The van der Waals surface area contributed by atoms with Crippen LogP contribution in [-0.4, -0.2) is 35.4 Å². The molecule has 136 valence electrons. The Bertz CT molecular complexity index is 847. The molecule has 1 amide bonds. The summed E-state index contributed by atoms with van der Waals surface area (Å²) in [4.78, 5) is 19.5. The first kappa shape index (κ1) is 17.3. The fraction of sp³-hybridized carbons (Fsp3) is 0.381. The third-order valence-electron chi connectivity index (χ3n) is 5.28. The van der Waals surface area contributed by atoms with Crippen LogP contribution in [0.3, 0.4) is 0 Å². The lowest BCUT2D eigenvalue weighted by atomic mass is 9.96. The maximum Gasteiger partial charge on any atom is 0.224 e. The Labute approximate surface area is 158 Å². The van der Waals surface area contributed by atoms with Crippen LogP contribution in [0.25, 0.3) is 10.9 Å². The van der Waals surface area contributed by atoms with Crippen molar-refractivity contribution in [3.05, 3.63) is 58.4 Å². The number of amides is 1. The van der Waals surface area contributed by atoms with E-state index in [2.05, 4.69) is 38.8 Å². The number of H-pyrrole nitrogens is 1. The molecule has 1 aliphatic rings. The molecule has 5 heteroatoms. The number of aromatic nitrogens is 1. The molecule has 3 heterocycles. The van der Waals surface area contributed by atoms with Gasteiger partial charge in [-0.25, -0.2) is 0 Å². The third kappa shape index (κ3) is 4.17. The van der Waals surface area contributed by atoms with E-state index in [1.54, 1.807) is 0 Å². The molecule has 1 saturated heterocycles. The largest absolute Gasteiger partial charge is 0.361 e. The zero-order valence-corrected chi connectivity index (χ0v) is 15.7. The lowest BCUT2D eigenvalue weighted by molar-refractivity contribution is -0.120. The summed E-state index contributed by atoms with van der Waals surface area (Å²) in [7, 11) is 0. The van der Waals surface area contributed by atoms with Crippen molar-refractivity contribution in [1.82, 2.24) is 15.2 Å². The van der Waals surface area contributed by atoms with Crippen molar-refractivity contribution >= 4 is 28.1 Å². The molecule has 0 radical (unpaired) electrons. The monoisotopic (exact) mass is 367 g/mol. The van der Waals surface area contributed by atoms with Gasteiger partial charge in [-0.3, -0.25) is 9.69 Å². The van der Waals surface area contributed by atoms with Gasteiger partial charge < -0.3 is 10.3 Å². The van der Waals surface area contributed by atoms with Crippen LogP contribution in [-0.2, 0) is 17.8 Å². The number of thiophene rings is 1. The summed E-state index contributed by atoms with van der Waals surface area (Å²) in [5.74, 6) is 0.720. The minimum absolute atomic E-state index is 0.121. The van der Waals surface area contributed by atoms with Gasteiger partial charge in [0.25, 0.3) is 0 Å². The highest BCUT2D eigenvalue weighted by Crippen LogP contribution is 2.21. The molecular formula is C21H25N3OS. The maximum absolute atomic E-state index is 12.3. The number of nitrogens with one attached hydrogen (secondary N) is 2. The Morgan fingerprint density at radius 1 is 1.19 bits per heavy atom. The van der Waals surface area contributed by atoms with Crippen molar-refractivity contribution in [2.75, 3.05) is 19.6 Å². The average molecular weight is 368 g/mol. The minimum Gasteiger partial charge on any atom is -0.361 e. The fourth-order valence-electron chi connectivity index (χ4n) is 3.74. The van der Waals surface area contributed by atoms with Gasteiger partial charge in [0.1, 0.15) is 0 Å². The molecule has 0 bridgehead atoms. The standard InChI is InChI=1S/C21H25N3OS/c25-21(12-17-14-22-20-6-2-1-5-19(17)20)23-13-16-7-9-24(10-8-16)15-18-4-3-11-26-18/h1-6,11,14,16,22H,7-10,12-13,15H2,(H,23,25). The SMILES string of the molecule is O=C(Cc1c[nH]c2ccccc12)NCC1CCN(Cc2cccs2)CC1. The van der Waals surface area contributed by atoms with Crippen molar-refractivity contribution in [1.29, 1.82) is 0 Å². The van der Waals surface area contributed by atoms with Crippen LogP contribution in [0.1, 0.15) is 23.3 Å². The number of carbonyl (C=O) groups is 1. The molecule has 1 fully saturated rings. The highest BCUT2D eigenvalue weighted by Gasteiger charge is 2.20. The van der Waals surface area contributed by atoms with E-state index >= 15 is 0 Å². The molecule has 1 aromatic carbocycles. The predicted octanol–water partition coefficient (Wildman–Crippen LogP) is 3.80. The molecule has 1 aliphatic heterocycles. The molecule has 0 aliphatic carbocycles. The molecule has 0 unspecified atom stereocenters. The number of hydrogen-bond donors (Lipinski definition) is 2. The second kappa shape index (κ2) is 8.06. The number of piperidine rings is 1. The minimum atomic E-state index is 0.121. The molecule has 2 aromatic heterocycles. The van der Waals surface area contributed by atoms with Crippen molar-refractivity contribution in [2.45, 2.75) is 25.8 Å². The van der Waals surface area contributed by atoms with Crippen molar-refractivity contribution in [3.63, 3.8) is 0 Å². The van der Waals surface area contributed by atoms with Gasteiger partial charge in [-0.2, -0.15) is 0 Å². The van der Waals surface area contributed by atoms with E-state index in [9.17, 15) is 4.79 Å². The van der Waals surface area contributed by atoms with E-state index < -0.39 is 0 Å². The van der Waals surface area contributed by atoms with Crippen LogP contribution < -0.4 is 5.32 Å². The molecule has 26 heavy (non-hydrogen) atoms. The summed E-state index contributed by atoms with van der Waals surface area (Å²) in [5, 5.41) is 6.43. The van der Waals surface area contributed by atoms with Gasteiger partial charge in [0.15, 0.2) is 0 Å². The third-order valence-corrected chi connectivity index (χ3v) is 6.14. The second-order valence-corrected chi connectivity index (χ2v) is 8.17. The summed E-state index contributed by atoms with van der Waals surface area (Å²) in [6.07, 6.45) is 4.73. The number of nitrogens with zero attached hydrogens (tertiary/aromatic N) is 1. The van der Waals surface area contributed by atoms with Crippen molar-refractivity contribution < 1.29 is 4.79 Å². The topological polar surface area (TPSA) is 48.1 Å². The summed E-state index contributed by atoms with van der Waals surface area (Å²) < 4.78 is 0. The molecule has 0 saturated carbocycles. The number of para-hydroxylation sites is 1. The van der Waals surface area contributed by atoms with Gasteiger partial charge in [-0.15, -0.1) is 11.3 Å². The summed E-state index contributed by atoms with van der Waals surface area (Å²) in [5.41, 5.74) is 2.16. The zero-order chi connectivity index (χ0) is 17.8. The van der Waals surface area contributed by atoms with Gasteiger partial charge in [0, 0.05) is 35.1 Å². The van der Waals surface area contributed by atoms with E-state index in [-0.39, 0.29) is 5.91 Å². The van der Waals surface area contributed by atoms with Crippen LogP contribution >= 0.6 is 11.3 Å². The number of aromatic amines is 1. The van der Waals surface area contributed by atoms with Crippen LogP contribution in [0.2, 0.25) is 0 Å². The van der Waals surface area contributed by atoms with E-state index in [4.69, 9.17) is 0 Å². The van der Waals surface area contributed by atoms with E-state index in [1.165, 1.54) is 17.7 Å². The number of benzene rings is 1. The summed E-state index contributed by atoms with van der Waals surface area (Å²) in [6.45, 7) is 4.12. The van der Waals surface area contributed by atoms with Gasteiger partial charge in [0.05, 0.1) is 6.42 Å². The highest BCUT2D eigenvalue weighted by molar-refractivity contribution is 7.09. The molecule has 4 nitrogen and oxygen atoms in total. The normalized spacial score (nSPS) is 16.2. The number of rotatable bonds is 6. The quantitative estimate of drug-likeness (QED) is 0.696. The van der Waals surface area contributed by atoms with Crippen LogP contribution in [0, 0.1) is 5.92 Å². The highest BCUT2D eigenvalue weighted by atomic mass is 32.1. The van der Waals surface area contributed by atoms with E-state index in [0.29, 0.717) is 12.3 Å². The maximum atomic E-state index is 12.3. The van der Waals surface area contributed by atoms with Gasteiger partial charge >= 0.3 is 0 Å². The lowest BCUT2D eigenvalue weighted by Crippen LogP contribution is -2.38. The van der Waals surface area contributed by atoms with Crippen LogP contribution in [0.4, 0.5) is 0 Å². The Morgan fingerprint density at radius 3 is 2.85 bits per heavy atom. The molecule has 0 atom stereocenters. The van der Waals surface area contributed by atoms with Crippen molar-refractivity contribution in [2.24, 2.45) is 5.92 Å². The van der Waals surface area contributed by atoms with Gasteiger partial charge in [-0.05, 0) is 54.9 Å². The van der Waals surface area contributed by atoms with Gasteiger partial charge in [0.2, 0.25) is 5.91 Å². The van der Waals surface area contributed by atoms with E-state index in [0.717, 1.165) is 42.6 Å². The Balaban J connectivity index is 1.21. The summed E-state index contributed by atoms with van der Waals surface area (Å²) in [6, 6.07) is 12.5. The first-order valence-electron chi connectivity index (χ1n) is 9.34. The van der Waals surface area contributed by atoms with Gasteiger partial charge in [-0.1, -0.05) is 24.3 Å². The van der Waals surface area contributed by atoms with Crippen LogP contribution in [0.5, 0.6) is 0 Å². The van der Waals surface area contributed by atoms with Crippen LogP contribution in [0.15, 0.2) is 48.0 Å². The fourth-order valence-corrected chi connectivity index (χ4v) is 4.49. The molecule has 3 aromatic rings. The molecule has 0 spiro atoms. The first-order chi connectivity index (χ1) is 12.8. The predicted molar refractivity (Wildman–Crippen MR) is 107 cm³/mol. The number of likely N-dealkylation sites (tertiary alicyclic amines) is 1. The second-order valence-electron chi connectivity index (χ2n) is 7.14. The molecule has 4 rings (SSSR count). The Hall–Kier alpha value is -2.11. The number of hydrogen-bond acceptors (Lipinski definition) is 3. The van der Waals surface area contributed by atoms with Crippen molar-refractivity contribution in [3.8, 4) is 0 Å². The number of carbonyl (C=O) groups excluding carboxylic acids is 1. The molecular weight excluding hydrogens is 342 g/mol. The number of fused-ring (bicyclic) bond motifs is 1. The van der Waals surface area contributed by atoms with E-state index in [1.807, 2.05) is 35.7 Å². The zero-order valence-electron chi connectivity index (χ0n) is 14.9. The lowest BCUT2D eigenvalue weighted by Gasteiger charge is -2.31. The Kier molecular flexibility index (Phi) is 5.37. The Morgan fingerprint density at radius 2 is 2.04 bits per heavy atom. The average Bonchev–Trinajstić information content (AvgIpc) is 3.32. The first-order valence-corrected chi connectivity index (χ1v) is 10.2.